The van der Waals surface area contributed by atoms with Crippen molar-refractivity contribution in [3.05, 3.63) is 16.4 Å². The Hall–Kier alpha value is -0.390. The summed E-state index contributed by atoms with van der Waals surface area (Å²) in [6.07, 6.45) is 5.88. The van der Waals surface area contributed by atoms with Crippen molar-refractivity contribution in [2.75, 3.05) is 13.7 Å². The van der Waals surface area contributed by atoms with E-state index in [0.29, 0.717) is 12.5 Å². The summed E-state index contributed by atoms with van der Waals surface area (Å²) in [6.45, 7) is 1.44. The topological polar surface area (TPSA) is 53.1 Å². The van der Waals surface area contributed by atoms with E-state index >= 15 is 0 Å². The maximum Gasteiger partial charge on any atom is 0.0697 e. The highest BCUT2D eigenvalue weighted by Crippen LogP contribution is 2.56. The first-order chi connectivity index (χ1) is 8.70. The fourth-order valence-corrected chi connectivity index (χ4v) is 3.90. The Labute approximate surface area is 116 Å². The highest BCUT2D eigenvalue weighted by atomic mass is 79.9. The molecule has 1 heterocycles. The van der Waals surface area contributed by atoms with Gasteiger partial charge in [-0.2, -0.15) is 5.10 Å². The van der Waals surface area contributed by atoms with E-state index in [1.807, 2.05) is 10.9 Å². The van der Waals surface area contributed by atoms with Crippen LogP contribution in [0.5, 0.6) is 0 Å². The van der Waals surface area contributed by atoms with Gasteiger partial charge in [-0.15, -0.1) is 0 Å². The number of nitrogens with zero attached hydrogens (tertiary/aromatic N) is 2. The van der Waals surface area contributed by atoms with Crippen molar-refractivity contribution in [1.82, 2.24) is 9.78 Å². The molecule has 2 aliphatic carbocycles. The molecule has 18 heavy (non-hydrogen) atoms. The van der Waals surface area contributed by atoms with Gasteiger partial charge < -0.3 is 10.5 Å². The van der Waals surface area contributed by atoms with Crippen molar-refractivity contribution in [2.45, 2.75) is 31.8 Å². The molecule has 1 aromatic heterocycles. The first-order valence-electron chi connectivity index (χ1n) is 6.66. The van der Waals surface area contributed by atoms with Crippen LogP contribution in [0, 0.1) is 17.8 Å². The molecule has 2 aliphatic rings. The van der Waals surface area contributed by atoms with E-state index in [2.05, 4.69) is 21.0 Å². The molecule has 5 heteroatoms. The third-order valence-corrected chi connectivity index (χ3v) is 5.06. The van der Waals surface area contributed by atoms with E-state index in [0.717, 1.165) is 28.5 Å². The van der Waals surface area contributed by atoms with Crippen molar-refractivity contribution in [2.24, 2.45) is 23.5 Å². The maximum atomic E-state index is 6.47. The van der Waals surface area contributed by atoms with Gasteiger partial charge in [-0.1, -0.05) is 0 Å². The van der Waals surface area contributed by atoms with Crippen molar-refractivity contribution >= 4 is 15.9 Å². The van der Waals surface area contributed by atoms with Crippen molar-refractivity contribution in [3.8, 4) is 0 Å². The van der Waals surface area contributed by atoms with Crippen LogP contribution in [-0.2, 0) is 11.3 Å². The Morgan fingerprint density at radius 3 is 2.89 bits per heavy atom. The molecule has 1 aromatic rings. The average Bonchev–Trinajstić information content (AvgIpc) is 2.82. The van der Waals surface area contributed by atoms with Crippen LogP contribution in [0.25, 0.3) is 0 Å². The van der Waals surface area contributed by atoms with Crippen LogP contribution in [0.4, 0.5) is 0 Å². The Morgan fingerprint density at radius 1 is 1.50 bits per heavy atom. The second-order valence-corrected chi connectivity index (χ2v) is 6.46. The quantitative estimate of drug-likeness (QED) is 0.907. The molecular weight excluding hydrogens is 294 g/mol. The lowest BCUT2D eigenvalue weighted by molar-refractivity contribution is 0.181. The summed E-state index contributed by atoms with van der Waals surface area (Å²) < 4.78 is 8.14. The van der Waals surface area contributed by atoms with Crippen LogP contribution in [0.15, 0.2) is 10.7 Å². The van der Waals surface area contributed by atoms with Crippen LogP contribution in [-0.4, -0.2) is 23.5 Å². The Balaban J connectivity index is 1.75. The largest absolute Gasteiger partial charge is 0.383 e. The fraction of sp³-hybridized carbons (Fsp3) is 0.769. The van der Waals surface area contributed by atoms with Crippen molar-refractivity contribution in [1.29, 1.82) is 0 Å². The van der Waals surface area contributed by atoms with Gasteiger partial charge in [0, 0.05) is 7.11 Å². The summed E-state index contributed by atoms with van der Waals surface area (Å²) in [5, 5.41) is 4.39. The molecule has 0 radical (unpaired) electrons. The summed E-state index contributed by atoms with van der Waals surface area (Å²) in [5.41, 5.74) is 7.61. The molecule has 0 bridgehead atoms. The van der Waals surface area contributed by atoms with Gasteiger partial charge in [0.15, 0.2) is 0 Å². The number of ether oxygens (including phenoxy) is 1. The SMILES string of the molecule is COCCn1ncc(Br)c1C(N)C1CC2CC2C1. The predicted molar refractivity (Wildman–Crippen MR) is 73.1 cm³/mol. The number of rotatable bonds is 5. The number of hydrogen-bond acceptors (Lipinski definition) is 3. The van der Waals surface area contributed by atoms with Crippen LogP contribution < -0.4 is 5.73 Å². The molecule has 0 amide bonds. The summed E-state index contributed by atoms with van der Waals surface area (Å²) in [6, 6.07) is 0.103. The second kappa shape index (κ2) is 4.94. The number of nitrogens with two attached hydrogens (primary N) is 1. The zero-order chi connectivity index (χ0) is 12.7. The molecular formula is C13H20BrN3O. The van der Waals surface area contributed by atoms with E-state index in [1.165, 1.54) is 19.3 Å². The lowest BCUT2D eigenvalue weighted by Crippen LogP contribution is -2.25. The molecule has 2 saturated carbocycles. The molecule has 2 fully saturated rings. The van der Waals surface area contributed by atoms with E-state index < -0.39 is 0 Å². The molecule has 0 aliphatic heterocycles. The van der Waals surface area contributed by atoms with Gasteiger partial charge in [0.1, 0.15) is 0 Å². The molecule has 100 valence electrons. The molecule has 0 saturated heterocycles. The molecule has 2 N–H and O–H groups in total. The Morgan fingerprint density at radius 2 is 2.22 bits per heavy atom. The van der Waals surface area contributed by atoms with Gasteiger partial charge >= 0.3 is 0 Å². The lowest BCUT2D eigenvalue weighted by Gasteiger charge is -2.22. The third kappa shape index (κ3) is 2.24. The number of methoxy groups -OCH3 is 1. The van der Waals surface area contributed by atoms with Gasteiger partial charge in [0.25, 0.3) is 0 Å². The summed E-state index contributed by atoms with van der Waals surface area (Å²) in [7, 11) is 1.71. The fourth-order valence-electron chi connectivity index (χ4n) is 3.34. The van der Waals surface area contributed by atoms with Crippen molar-refractivity contribution < 1.29 is 4.74 Å². The highest BCUT2D eigenvalue weighted by molar-refractivity contribution is 9.10. The number of aromatic nitrogens is 2. The first kappa shape index (κ1) is 12.6. The monoisotopic (exact) mass is 313 g/mol. The zero-order valence-corrected chi connectivity index (χ0v) is 12.3. The number of fused-ring (bicyclic) bond motifs is 1. The minimum absolute atomic E-state index is 0.103. The van der Waals surface area contributed by atoms with Gasteiger partial charge in [-0.05, 0) is 52.9 Å². The third-order valence-electron chi connectivity index (χ3n) is 4.44. The molecule has 0 spiro atoms. The predicted octanol–water partition coefficient (Wildman–Crippen LogP) is 2.34. The number of hydrogen-bond donors (Lipinski definition) is 1. The second-order valence-electron chi connectivity index (χ2n) is 5.61. The minimum Gasteiger partial charge on any atom is -0.383 e. The molecule has 3 atom stereocenters. The summed E-state index contributed by atoms with van der Waals surface area (Å²) in [4.78, 5) is 0. The average molecular weight is 314 g/mol. The van der Waals surface area contributed by atoms with Gasteiger partial charge in [0.2, 0.25) is 0 Å². The number of halogens is 1. The van der Waals surface area contributed by atoms with E-state index in [1.54, 1.807) is 7.11 Å². The Kier molecular flexibility index (Phi) is 3.47. The zero-order valence-electron chi connectivity index (χ0n) is 10.7. The van der Waals surface area contributed by atoms with Gasteiger partial charge in [-0.25, -0.2) is 0 Å². The van der Waals surface area contributed by atoms with Crippen LogP contribution >= 0.6 is 15.9 Å². The first-order valence-corrected chi connectivity index (χ1v) is 7.45. The minimum atomic E-state index is 0.103. The highest BCUT2D eigenvalue weighted by Gasteiger charge is 2.48. The normalized spacial score (nSPS) is 31.4. The smallest absolute Gasteiger partial charge is 0.0697 e. The maximum absolute atomic E-state index is 6.47. The van der Waals surface area contributed by atoms with Gasteiger partial charge in [-0.3, -0.25) is 4.68 Å². The van der Waals surface area contributed by atoms with E-state index in [9.17, 15) is 0 Å². The summed E-state index contributed by atoms with van der Waals surface area (Å²) in [5.74, 6) is 2.56. The standard InChI is InChI=1S/C13H20BrN3O/c1-18-3-2-17-13(11(14)7-16-17)12(15)10-5-8-4-9(8)6-10/h7-10,12H,2-6,15H2,1H3. The van der Waals surface area contributed by atoms with Gasteiger partial charge in [0.05, 0.1) is 35.6 Å². The molecule has 3 rings (SSSR count). The Bertz CT molecular complexity index is 424. The lowest BCUT2D eigenvalue weighted by atomic mass is 9.93. The van der Waals surface area contributed by atoms with Crippen LogP contribution in [0.3, 0.4) is 0 Å². The van der Waals surface area contributed by atoms with Crippen LogP contribution in [0.1, 0.15) is 31.0 Å². The molecule has 4 nitrogen and oxygen atoms in total. The summed E-state index contributed by atoms with van der Waals surface area (Å²) >= 11 is 3.58. The van der Waals surface area contributed by atoms with Crippen molar-refractivity contribution in [3.63, 3.8) is 0 Å². The molecule has 3 unspecified atom stereocenters. The van der Waals surface area contributed by atoms with E-state index in [-0.39, 0.29) is 6.04 Å². The van der Waals surface area contributed by atoms with E-state index in [4.69, 9.17) is 10.5 Å². The van der Waals surface area contributed by atoms with Crippen LogP contribution in [0.2, 0.25) is 0 Å². The molecule has 0 aromatic carbocycles.